The van der Waals surface area contributed by atoms with Gasteiger partial charge in [-0.3, -0.25) is 0 Å². The smallest absolute Gasteiger partial charge is 0.312 e. The Morgan fingerprint density at radius 3 is 2.09 bits per heavy atom. The monoisotopic (exact) mass is 517 g/mol. The number of hydrogen-bond donors (Lipinski definition) is 1. The van der Waals surface area contributed by atoms with Crippen LogP contribution in [0.4, 0.5) is 30.7 Å². The average molecular weight is 518 g/mol. The number of halogens is 8. The summed E-state index contributed by atoms with van der Waals surface area (Å²) >= 11 is 0. The Balaban J connectivity index is 0.00000306. The van der Waals surface area contributed by atoms with E-state index in [-0.39, 0.29) is 47.7 Å². The zero-order valence-electron chi connectivity index (χ0n) is 16.8. The summed E-state index contributed by atoms with van der Waals surface area (Å²) in [6.45, 7) is 0.302. The van der Waals surface area contributed by atoms with Gasteiger partial charge in [-0.05, 0) is 49.1 Å². The first-order chi connectivity index (χ1) is 14.8. The Morgan fingerprint density at radius 2 is 1.52 bits per heavy atom. The zero-order chi connectivity index (χ0) is 23.6. The fourth-order valence-electron chi connectivity index (χ4n) is 4.92. The van der Waals surface area contributed by atoms with Gasteiger partial charge < -0.3 is 5.32 Å². The molecule has 1 N–H and O–H groups in total. The summed E-state index contributed by atoms with van der Waals surface area (Å²) in [4.78, 5) is -0.00366. The lowest BCUT2D eigenvalue weighted by Crippen LogP contribution is -2.51. The van der Waals surface area contributed by atoms with Crippen molar-refractivity contribution in [3.05, 3.63) is 65.2 Å². The molecule has 0 saturated carbocycles. The number of nitrogens with one attached hydrogen (secondary N) is 1. The summed E-state index contributed by atoms with van der Waals surface area (Å²) in [6, 6.07) is 8.72. The minimum Gasteiger partial charge on any atom is -0.312 e. The van der Waals surface area contributed by atoms with Gasteiger partial charge in [-0.1, -0.05) is 36.4 Å². The van der Waals surface area contributed by atoms with Gasteiger partial charge in [-0.15, -0.1) is 12.4 Å². The molecule has 1 saturated heterocycles. The SMILES string of the molecule is Cl.O=S(=O)(c1ccccc1)[C@@]12CCN[C@@H]1CCc1cc(C(F)(C(F)(F)F)C(F)(F)F)ccc12. The second-order valence-electron chi connectivity index (χ2n) is 8.03. The van der Waals surface area contributed by atoms with Gasteiger partial charge in [0.1, 0.15) is 4.75 Å². The van der Waals surface area contributed by atoms with E-state index in [2.05, 4.69) is 5.32 Å². The second-order valence-corrected chi connectivity index (χ2v) is 10.2. The van der Waals surface area contributed by atoms with Gasteiger partial charge in [0.15, 0.2) is 9.84 Å². The van der Waals surface area contributed by atoms with Crippen LogP contribution < -0.4 is 5.32 Å². The highest BCUT2D eigenvalue weighted by atomic mass is 35.5. The number of fused-ring (bicyclic) bond motifs is 3. The van der Waals surface area contributed by atoms with Crippen LogP contribution in [0.15, 0.2) is 53.4 Å². The minimum absolute atomic E-state index is 0. The molecule has 0 amide bonds. The van der Waals surface area contributed by atoms with Crippen LogP contribution in [-0.2, 0) is 26.7 Å². The van der Waals surface area contributed by atoms with Crippen molar-refractivity contribution in [2.24, 2.45) is 0 Å². The number of hydrogen-bond acceptors (Lipinski definition) is 3. The van der Waals surface area contributed by atoms with Gasteiger partial charge in [0.25, 0.3) is 0 Å². The molecular formula is C21H19ClF7NO2S. The van der Waals surface area contributed by atoms with Crippen molar-refractivity contribution >= 4 is 22.2 Å². The summed E-state index contributed by atoms with van der Waals surface area (Å²) in [5.74, 6) is 0. The Bertz CT molecular complexity index is 1120. The van der Waals surface area contributed by atoms with Crippen LogP contribution in [0.3, 0.4) is 0 Å². The molecular weight excluding hydrogens is 499 g/mol. The number of aryl methyl sites for hydroxylation is 1. The molecule has 2 aromatic rings. The maximum Gasteiger partial charge on any atom is 0.435 e. The molecule has 2 aliphatic rings. The van der Waals surface area contributed by atoms with Crippen molar-refractivity contribution in [3.8, 4) is 0 Å². The lowest BCUT2D eigenvalue weighted by atomic mass is 9.77. The largest absolute Gasteiger partial charge is 0.435 e. The van der Waals surface area contributed by atoms with E-state index in [4.69, 9.17) is 0 Å². The van der Waals surface area contributed by atoms with Crippen molar-refractivity contribution < 1.29 is 39.2 Å². The third-order valence-electron chi connectivity index (χ3n) is 6.43. The van der Waals surface area contributed by atoms with Gasteiger partial charge >= 0.3 is 18.0 Å². The topological polar surface area (TPSA) is 46.2 Å². The molecule has 12 heteroatoms. The summed E-state index contributed by atoms with van der Waals surface area (Å²) in [6.07, 6.45) is -12.2. The van der Waals surface area contributed by atoms with Crippen LogP contribution in [0.5, 0.6) is 0 Å². The van der Waals surface area contributed by atoms with Crippen molar-refractivity contribution in [1.29, 1.82) is 0 Å². The number of sulfone groups is 1. The van der Waals surface area contributed by atoms with E-state index < -0.39 is 44.2 Å². The van der Waals surface area contributed by atoms with Crippen molar-refractivity contribution in [3.63, 3.8) is 0 Å². The molecule has 1 heterocycles. The van der Waals surface area contributed by atoms with Crippen LogP contribution in [0.25, 0.3) is 0 Å². The average Bonchev–Trinajstić information content (AvgIpc) is 3.18. The Labute approximate surface area is 191 Å². The quantitative estimate of drug-likeness (QED) is 0.557. The van der Waals surface area contributed by atoms with Crippen molar-refractivity contribution in [1.82, 2.24) is 5.32 Å². The second kappa shape index (κ2) is 8.13. The molecule has 2 aromatic carbocycles. The van der Waals surface area contributed by atoms with E-state index in [0.717, 1.165) is 6.07 Å². The molecule has 0 bridgehead atoms. The lowest BCUT2D eigenvalue weighted by molar-refractivity contribution is -0.348. The maximum atomic E-state index is 14.6. The molecule has 0 aromatic heterocycles. The van der Waals surface area contributed by atoms with Gasteiger partial charge in [-0.25, -0.2) is 12.8 Å². The van der Waals surface area contributed by atoms with Crippen molar-refractivity contribution in [2.45, 2.75) is 53.0 Å². The standard InChI is InChI=1S/C21H18F7NO2S.ClH/c22-19(20(23,24)25,21(26,27)28)14-7-8-16-13(12-14)6-9-17-18(16,10-11-29-17)32(30,31)15-4-2-1-3-5-15;/h1-5,7-8,12,17,29H,6,9-11H2;1H/t17-,18-;/m1./s1. The van der Waals surface area contributed by atoms with E-state index >= 15 is 0 Å². The van der Waals surface area contributed by atoms with Gasteiger partial charge in [-0.2, -0.15) is 26.3 Å². The molecule has 1 aliphatic heterocycles. The molecule has 1 fully saturated rings. The van der Waals surface area contributed by atoms with Crippen LogP contribution in [0.1, 0.15) is 29.5 Å². The predicted octanol–water partition coefficient (Wildman–Crippen LogP) is 5.38. The van der Waals surface area contributed by atoms with Gasteiger partial charge in [0.05, 0.1) is 4.90 Å². The van der Waals surface area contributed by atoms with E-state index in [1.54, 1.807) is 6.07 Å². The van der Waals surface area contributed by atoms with E-state index in [0.29, 0.717) is 18.7 Å². The molecule has 182 valence electrons. The fraction of sp³-hybridized carbons (Fsp3) is 0.429. The minimum atomic E-state index is -6.24. The number of benzene rings is 2. The third-order valence-corrected chi connectivity index (χ3v) is 8.99. The van der Waals surface area contributed by atoms with Gasteiger partial charge in [0, 0.05) is 11.6 Å². The maximum absolute atomic E-state index is 14.6. The highest BCUT2D eigenvalue weighted by Crippen LogP contribution is 2.55. The van der Waals surface area contributed by atoms with Crippen LogP contribution in [-0.4, -0.2) is 33.4 Å². The number of alkyl halides is 7. The zero-order valence-corrected chi connectivity index (χ0v) is 18.4. The molecule has 4 rings (SSSR count). The first kappa shape index (κ1) is 25.8. The summed E-state index contributed by atoms with van der Waals surface area (Å²) in [7, 11) is -4.08. The third kappa shape index (κ3) is 3.54. The lowest BCUT2D eigenvalue weighted by Gasteiger charge is -2.41. The Hall–Kier alpha value is -1.85. The summed E-state index contributed by atoms with van der Waals surface area (Å²) in [5, 5.41) is 3.10. The molecule has 3 nitrogen and oxygen atoms in total. The normalized spacial score (nSPS) is 23.4. The molecule has 2 atom stereocenters. The van der Waals surface area contributed by atoms with Crippen molar-refractivity contribution in [2.75, 3.05) is 6.54 Å². The Kier molecular flexibility index (Phi) is 6.34. The van der Waals surface area contributed by atoms with Gasteiger partial charge in [0.2, 0.25) is 0 Å². The first-order valence-electron chi connectivity index (χ1n) is 9.76. The molecule has 0 unspecified atom stereocenters. The predicted molar refractivity (Wildman–Crippen MR) is 109 cm³/mol. The summed E-state index contributed by atoms with van der Waals surface area (Å²) < 4.78 is 120. The van der Waals surface area contributed by atoms with Crippen LogP contribution >= 0.6 is 12.4 Å². The Morgan fingerprint density at radius 1 is 0.909 bits per heavy atom. The molecule has 33 heavy (non-hydrogen) atoms. The highest BCUT2D eigenvalue weighted by molar-refractivity contribution is 7.92. The van der Waals surface area contributed by atoms with E-state index in [1.807, 2.05) is 0 Å². The number of rotatable bonds is 3. The van der Waals surface area contributed by atoms with Crippen LogP contribution in [0.2, 0.25) is 0 Å². The van der Waals surface area contributed by atoms with E-state index in [9.17, 15) is 39.2 Å². The van der Waals surface area contributed by atoms with Crippen LogP contribution in [0, 0.1) is 0 Å². The van der Waals surface area contributed by atoms with E-state index in [1.165, 1.54) is 24.3 Å². The fourth-order valence-corrected chi connectivity index (χ4v) is 7.29. The molecule has 0 radical (unpaired) electrons. The molecule has 0 spiro atoms. The first-order valence-corrected chi connectivity index (χ1v) is 11.2. The summed E-state index contributed by atoms with van der Waals surface area (Å²) in [5.41, 5.74) is -7.09. The highest BCUT2D eigenvalue weighted by Gasteiger charge is 2.73. The molecule has 1 aliphatic carbocycles.